The van der Waals surface area contributed by atoms with Crippen LogP contribution in [0.2, 0.25) is 0 Å². The quantitative estimate of drug-likeness (QED) is 0.211. The summed E-state index contributed by atoms with van der Waals surface area (Å²) in [7, 11) is 1.96. The fourth-order valence-electron chi connectivity index (χ4n) is 4.64. The van der Waals surface area contributed by atoms with E-state index in [1.165, 1.54) is 0 Å². The zero-order valence-corrected chi connectivity index (χ0v) is 21.6. The number of imide groups is 1. The van der Waals surface area contributed by atoms with Crippen molar-refractivity contribution in [2.45, 2.75) is 38.1 Å². The molecule has 4 rings (SSSR count). The minimum Gasteiger partial charge on any atom is -0.358 e. The molecule has 0 spiro atoms. The van der Waals surface area contributed by atoms with Crippen molar-refractivity contribution in [2.24, 2.45) is 5.92 Å². The topological polar surface area (TPSA) is 150 Å². The number of nitrogens with zero attached hydrogens (tertiary/aromatic N) is 5. The maximum absolute atomic E-state index is 12.4. The Bertz CT molecular complexity index is 1130. The van der Waals surface area contributed by atoms with Crippen LogP contribution in [0.1, 0.15) is 41.7 Å². The monoisotopic (exact) mass is 522 g/mol. The number of rotatable bonds is 11. The van der Waals surface area contributed by atoms with E-state index in [1.807, 2.05) is 24.1 Å². The maximum atomic E-state index is 12.4. The number of carbonyl (C=O) groups is 4. The van der Waals surface area contributed by atoms with E-state index in [2.05, 4.69) is 36.0 Å². The number of aldehydes is 1. The molecule has 12 nitrogen and oxygen atoms in total. The van der Waals surface area contributed by atoms with Crippen LogP contribution in [0.25, 0.3) is 0 Å². The molecule has 0 aromatic carbocycles. The molecule has 4 heterocycles. The van der Waals surface area contributed by atoms with Crippen molar-refractivity contribution in [3.05, 3.63) is 41.7 Å². The molecule has 2 fully saturated rings. The molecule has 2 aromatic rings. The van der Waals surface area contributed by atoms with E-state index in [4.69, 9.17) is 0 Å². The lowest BCUT2D eigenvalue weighted by molar-refractivity contribution is -0.137. The molecule has 3 N–H and O–H groups in total. The highest BCUT2D eigenvalue weighted by Crippen LogP contribution is 2.21. The van der Waals surface area contributed by atoms with Gasteiger partial charge in [0, 0.05) is 45.8 Å². The third-order valence-electron chi connectivity index (χ3n) is 6.93. The van der Waals surface area contributed by atoms with Gasteiger partial charge < -0.3 is 20.4 Å². The van der Waals surface area contributed by atoms with Gasteiger partial charge in [0.05, 0.1) is 6.42 Å². The van der Waals surface area contributed by atoms with Gasteiger partial charge in [-0.15, -0.1) is 10.2 Å². The Hall–Kier alpha value is -3.93. The molecule has 0 bridgehead atoms. The summed E-state index contributed by atoms with van der Waals surface area (Å²) < 4.78 is 0. The van der Waals surface area contributed by atoms with E-state index < -0.39 is 11.9 Å². The van der Waals surface area contributed by atoms with Crippen LogP contribution in [-0.4, -0.2) is 85.0 Å². The maximum Gasteiger partial charge on any atom is 0.249 e. The highest BCUT2D eigenvalue weighted by atomic mass is 16.2. The van der Waals surface area contributed by atoms with Gasteiger partial charge in [-0.3, -0.25) is 24.5 Å². The molecule has 2 saturated heterocycles. The normalized spacial score (nSPS) is 18.1. The molecule has 0 aliphatic carbocycles. The van der Waals surface area contributed by atoms with Gasteiger partial charge in [-0.25, -0.2) is 4.98 Å². The van der Waals surface area contributed by atoms with E-state index in [1.54, 1.807) is 18.3 Å². The summed E-state index contributed by atoms with van der Waals surface area (Å²) in [6.07, 6.45) is 5.17. The van der Waals surface area contributed by atoms with E-state index in [-0.39, 0.29) is 24.7 Å². The van der Waals surface area contributed by atoms with Crippen LogP contribution in [0.15, 0.2) is 30.5 Å². The number of nitrogens with one attached hydrogen (secondary N) is 3. The average molecular weight is 523 g/mol. The lowest BCUT2D eigenvalue weighted by Crippen LogP contribution is -2.52. The van der Waals surface area contributed by atoms with Crippen LogP contribution in [0.5, 0.6) is 0 Å². The largest absolute Gasteiger partial charge is 0.358 e. The van der Waals surface area contributed by atoms with Crippen molar-refractivity contribution < 1.29 is 19.2 Å². The highest BCUT2D eigenvalue weighted by molar-refractivity contribution is 6.01. The molecule has 2 aliphatic heterocycles. The van der Waals surface area contributed by atoms with Crippen LogP contribution in [0, 0.1) is 5.92 Å². The molecular formula is C26H34N8O4. The highest BCUT2D eigenvalue weighted by Gasteiger charge is 2.27. The second kappa shape index (κ2) is 13.0. The number of aromatic nitrogens is 3. The van der Waals surface area contributed by atoms with Crippen molar-refractivity contribution in [1.82, 2.24) is 31.1 Å². The van der Waals surface area contributed by atoms with Gasteiger partial charge in [-0.05, 0) is 61.6 Å². The molecule has 0 saturated carbocycles. The van der Waals surface area contributed by atoms with Crippen LogP contribution < -0.4 is 25.8 Å². The zero-order chi connectivity index (χ0) is 26.9. The summed E-state index contributed by atoms with van der Waals surface area (Å²) in [6.45, 7) is 4.32. The predicted octanol–water partition coefficient (Wildman–Crippen LogP) is 0.0904. The molecule has 1 atom stereocenters. The lowest BCUT2D eigenvalue weighted by Gasteiger charge is -2.32. The third kappa shape index (κ3) is 7.54. The summed E-state index contributed by atoms with van der Waals surface area (Å²) >= 11 is 0. The van der Waals surface area contributed by atoms with Crippen molar-refractivity contribution in [3.8, 4) is 0 Å². The van der Waals surface area contributed by atoms with Gasteiger partial charge in [0.15, 0.2) is 12.1 Å². The second-order valence-corrected chi connectivity index (χ2v) is 9.76. The molecule has 2 aliphatic rings. The first-order chi connectivity index (χ1) is 18.4. The smallest absolute Gasteiger partial charge is 0.249 e. The first-order valence-electron chi connectivity index (χ1n) is 12.9. The molecule has 202 valence electrons. The average Bonchev–Trinajstić information content (AvgIpc) is 2.93. The van der Waals surface area contributed by atoms with Gasteiger partial charge in [0.2, 0.25) is 17.7 Å². The SMILES string of the molecule is CN(CCNCC1CCN(c2ccc(C=O)nn2)CC1)c1cc(CC(=O)NC2CCC(=O)NC2=O)ccn1. The Kier molecular flexibility index (Phi) is 9.30. The molecule has 1 unspecified atom stereocenters. The summed E-state index contributed by atoms with van der Waals surface area (Å²) in [5.74, 6) is 1.14. The number of amides is 3. The number of carbonyl (C=O) groups excluding carboxylic acids is 4. The van der Waals surface area contributed by atoms with Crippen molar-refractivity contribution in [1.29, 1.82) is 0 Å². The first-order valence-corrected chi connectivity index (χ1v) is 12.9. The number of hydrogen-bond acceptors (Lipinski definition) is 10. The zero-order valence-electron chi connectivity index (χ0n) is 21.6. The van der Waals surface area contributed by atoms with Gasteiger partial charge in [-0.2, -0.15) is 0 Å². The van der Waals surface area contributed by atoms with Crippen LogP contribution in [0.4, 0.5) is 11.6 Å². The van der Waals surface area contributed by atoms with Crippen molar-refractivity contribution >= 4 is 35.6 Å². The van der Waals surface area contributed by atoms with Crippen LogP contribution in [0.3, 0.4) is 0 Å². The van der Waals surface area contributed by atoms with E-state index in [0.717, 1.165) is 62.8 Å². The van der Waals surface area contributed by atoms with Gasteiger partial charge in [0.25, 0.3) is 0 Å². The second-order valence-electron chi connectivity index (χ2n) is 9.76. The fourth-order valence-corrected chi connectivity index (χ4v) is 4.64. The molecule has 3 amide bonds. The van der Waals surface area contributed by atoms with Gasteiger partial charge in [-0.1, -0.05) is 0 Å². The number of likely N-dealkylation sites (N-methyl/N-ethyl adjacent to an activating group) is 1. The molecule has 2 aromatic heterocycles. The third-order valence-corrected chi connectivity index (χ3v) is 6.93. The molecule has 0 radical (unpaired) electrons. The summed E-state index contributed by atoms with van der Waals surface area (Å²) in [6, 6.07) is 6.53. The summed E-state index contributed by atoms with van der Waals surface area (Å²) in [5, 5.41) is 16.6. The molecular weight excluding hydrogens is 488 g/mol. The Balaban J connectivity index is 1.15. The van der Waals surface area contributed by atoms with E-state index in [9.17, 15) is 19.2 Å². The Morgan fingerprint density at radius 1 is 1.18 bits per heavy atom. The number of hydrogen-bond donors (Lipinski definition) is 3. The molecule has 38 heavy (non-hydrogen) atoms. The van der Waals surface area contributed by atoms with Gasteiger partial charge >= 0.3 is 0 Å². The van der Waals surface area contributed by atoms with Crippen LogP contribution >= 0.6 is 0 Å². The Morgan fingerprint density at radius 2 is 2.00 bits per heavy atom. The Labute approximate surface area is 221 Å². The van der Waals surface area contributed by atoms with E-state index >= 15 is 0 Å². The summed E-state index contributed by atoms with van der Waals surface area (Å²) in [4.78, 5) is 55.0. The molecule has 12 heteroatoms. The van der Waals surface area contributed by atoms with Crippen LogP contribution in [-0.2, 0) is 20.8 Å². The minimum atomic E-state index is -0.675. The standard InChI is InChI=1S/C26H34N8O4/c1-33(13-10-27-16-18-7-11-34(12-8-18)22-4-2-20(17-35)31-32-22)23-14-19(6-9-28-23)15-25(37)29-21-3-5-24(36)30-26(21)38/h2,4,6,9,14,17-18,21,27H,3,5,7-8,10-13,15-16H2,1H3,(H,29,37)(H,30,36,38). The van der Waals surface area contributed by atoms with Crippen molar-refractivity contribution in [2.75, 3.05) is 49.6 Å². The van der Waals surface area contributed by atoms with E-state index in [0.29, 0.717) is 24.3 Å². The Morgan fingerprint density at radius 3 is 2.71 bits per heavy atom. The lowest BCUT2D eigenvalue weighted by atomic mass is 9.97. The first kappa shape index (κ1) is 27.1. The number of piperidine rings is 2. The fraction of sp³-hybridized carbons (Fsp3) is 0.500. The summed E-state index contributed by atoms with van der Waals surface area (Å²) in [5.41, 5.74) is 1.15. The van der Waals surface area contributed by atoms with Crippen molar-refractivity contribution in [3.63, 3.8) is 0 Å². The predicted molar refractivity (Wildman–Crippen MR) is 141 cm³/mol. The minimum absolute atomic E-state index is 0.130. The van der Waals surface area contributed by atoms with Gasteiger partial charge in [0.1, 0.15) is 17.6 Å². The number of pyridine rings is 1. The number of anilines is 2.